The molecular weight excluding hydrogens is 436 g/mol. The summed E-state index contributed by atoms with van der Waals surface area (Å²) in [4.78, 5) is 40.7. The molecule has 2 amide bonds. The molecule has 0 unspecified atom stereocenters. The summed E-state index contributed by atoms with van der Waals surface area (Å²) in [6.45, 7) is 4.72. The van der Waals surface area contributed by atoms with Crippen molar-refractivity contribution < 1.29 is 14.5 Å². The first-order valence-electron chi connectivity index (χ1n) is 10.5. The third-order valence-electron chi connectivity index (χ3n) is 5.44. The zero-order chi connectivity index (χ0) is 24.4. The summed E-state index contributed by atoms with van der Waals surface area (Å²) >= 11 is 0. The summed E-state index contributed by atoms with van der Waals surface area (Å²) in [7, 11) is 0. The lowest BCUT2D eigenvalue weighted by Crippen LogP contribution is -2.43. The van der Waals surface area contributed by atoms with E-state index < -0.39 is 16.7 Å². The van der Waals surface area contributed by atoms with Crippen LogP contribution in [0.3, 0.4) is 0 Å². The molecule has 0 spiro atoms. The number of nitrogens with one attached hydrogen (secondary N) is 2. The Kier molecular flexibility index (Phi) is 6.05. The standard InChI is InChI=1S/C24H22N6O4/c1-14-8-10-17(11-9-14)21-12-19(18-6-4-5-7-20(18)25-21)24(32)27-26-22(31)13-29-16(3)23(30(33)34)15(2)28-29/h4-12H,13H2,1-3H3,(H,26,31)(H,27,32). The summed E-state index contributed by atoms with van der Waals surface area (Å²) in [5.41, 5.74) is 8.71. The average molecular weight is 458 g/mol. The number of para-hydroxylation sites is 1. The largest absolute Gasteiger partial charge is 0.312 e. The predicted molar refractivity (Wildman–Crippen MR) is 126 cm³/mol. The lowest BCUT2D eigenvalue weighted by Gasteiger charge is -2.12. The van der Waals surface area contributed by atoms with Gasteiger partial charge in [-0.25, -0.2) is 4.98 Å². The summed E-state index contributed by atoms with van der Waals surface area (Å²) in [6, 6.07) is 16.7. The number of aromatic nitrogens is 3. The van der Waals surface area contributed by atoms with E-state index in [1.807, 2.05) is 43.3 Å². The highest BCUT2D eigenvalue weighted by Crippen LogP contribution is 2.25. The van der Waals surface area contributed by atoms with Gasteiger partial charge >= 0.3 is 5.69 Å². The van der Waals surface area contributed by atoms with E-state index in [0.717, 1.165) is 11.1 Å². The van der Waals surface area contributed by atoms with Crippen molar-refractivity contribution >= 4 is 28.4 Å². The second-order valence-electron chi connectivity index (χ2n) is 7.87. The molecule has 0 saturated heterocycles. The van der Waals surface area contributed by atoms with Gasteiger partial charge in [-0.3, -0.25) is 35.2 Å². The molecule has 0 atom stereocenters. The molecule has 2 N–H and O–H groups in total. The number of aryl methyl sites for hydroxylation is 2. The molecule has 4 rings (SSSR count). The van der Waals surface area contributed by atoms with Gasteiger partial charge in [-0.2, -0.15) is 5.10 Å². The fourth-order valence-corrected chi connectivity index (χ4v) is 3.71. The molecular formula is C24H22N6O4. The van der Waals surface area contributed by atoms with E-state index in [9.17, 15) is 19.7 Å². The summed E-state index contributed by atoms with van der Waals surface area (Å²) in [5, 5.41) is 15.8. The molecule has 0 saturated carbocycles. The minimum absolute atomic E-state index is 0.135. The fourth-order valence-electron chi connectivity index (χ4n) is 3.71. The molecule has 4 aromatic rings. The van der Waals surface area contributed by atoms with Crippen LogP contribution in [-0.2, 0) is 11.3 Å². The Balaban J connectivity index is 1.55. The molecule has 0 aliphatic rings. The van der Waals surface area contributed by atoms with Crippen molar-refractivity contribution in [2.75, 3.05) is 0 Å². The van der Waals surface area contributed by atoms with Gasteiger partial charge < -0.3 is 0 Å². The van der Waals surface area contributed by atoms with Crippen molar-refractivity contribution in [1.29, 1.82) is 0 Å². The summed E-state index contributed by atoms with van der Waals surface area (Å²) in [6.07, 6.45) is 0. The Morgan fingerprint density at radius 2 is 1.74 bits per heavy atom. The molecule has 0 fully saturated rings. The smallest absolute Gasteiger partial charge is 0.271 e. The number of nitro groups is 1. The first-order valence-corrected chi connectivity index (χ1v) is 10.5. The summed E-state index contributed by atoms with van der Waals surface area (Å²) < 4.78 is 1.23. The molecule has 0 bridgehead atoms. The number of fused-ring (bicyclic) bond motifs is 1. The molecule has 10 nitrogen and oxygen atoms in total. The van der Waals surface area contributed by atoms with Gasteiger partial charge in [0.25, 0.3) is 11.8 Å². The minimum atomic E-state index is -0.578. The molecule has 0 radical (unpaired) electrons. The van der Waals surface area contributed by atoms with E-state index >= 15 is 0 Å². The number of hydrogen-bond acceptors (Lipinski definition) is 6. The van der Waals surface area contributed by atoms with Gasteiger partial charge in [-0.1, -0.05) is 48.0 Å². The Morgan fingerprint density at radius 3 is 2.41 bits per heavy atom. The van der Waals surface area contributed by atoms with Crippen molar-refractivity contribution in [2.45, 2.75) is 27.3 Å². The maximum Gasteiger partial charge on any atom is 0.312 e. The molecule has 2 heterocycles. The zero-order valence-electron chi connectivity index (χ0n) is 18.8. The number of hydrazine groups is 1. The second-order valence-corrected chi connectivity index (χ2v) is 7.87. The highest BCUT2D eigenvalue weighted by molar-refractivity contribution is 6.07. The fraction of sp³-hybridized carbons (Fsp3) is 0.167. The van der Waals surface area contributed by atoms with E-state index in [4.69, 9.17) is 0 Å². The minimum Gasteiger partial charge on any atom is -0.271 e. The average Bonchev–Trinajstić information content (AvgIpc) is 3.09. The predicted octanol–water partition coefficient (Wildman–Crippen LogP) is 3.39. The summed E-state index contributed by atoms with van der Waals surface area (Å²) in [5.74, 6) is -1.09. The van der Waals surface area contributed by atoms with Crippen LogP contribution in [0.1, 0.15) is 27.3 Å². The van der Waals surface area contributed by atoms with Crippen LogP contribution < -0.4 is 10.9 Å². The third kappa shape index (κ3) is 4.46. The third-order valence-corrected chi connectivity index (χ3v) is 5.44. The van der Waals surface area contributed by atoms with Gasteiger partial charge in [0.1, 0.15) is 17.9 Å². The van der Waals surface area contributed by atoms with E-state index in [1.165, 1.54) is 18.5 Å². The van der Waals surface area contributed by atoms with Crippen LogP contribution >= 0.6 is 0 Å². The van der Waals surface area contributed by atoms with Gasteiger partial charge in [-0.15, -0.1) is 0 Å². The first kappa shape index (κ1) is 22.6. The van der Waals surface area contributed by atoms with E-state index in [1.54, 1.807) is 18.2 Å². The lowest BCUT2D eigenvalue weighted by molar-refractivity contribution is -0.386. The lowest BCUT2D eigenvalue weighted by atomic mass is 10.0. The number of carbonyl (C=O) groups excluding carboxylic acids is 2. The van der Waals surface area contributed by atoms with Crippen LogP contribution in [0.2, 0.25) is 0 Å². The van der Waals surface area contributed by atoms with Gasteiger partial charge in [0.05, 0.1) is 21.7 Å². The number of carbonyl (C=O) groups is 2. The molecule has 10 heteroatoms. The van der Waals surface area contributed by atoms with Gasteiger partial charge in [-0.05, 0) is 32.9 Å². The number of hydrogen-bond donors (Lipinski definition) is 2. The number of benzene rings is 2. The quantitative estimate of drug-likeness (QED) is 0.348. The highest BCUT2D eigenvalue weighted by atomic mass is 16.6. The Hall–Kier alpha value is -4.60. The number of nitrogens with zero attached hydrogens (tertiary/aromatic N) is 4. The van der Waals surface area contributed by atoms with Crippen molar-refractivity contribution in [3.05, 3.63) is 87.2 Å². The molecule has 172 valence electrons. The second kappa shape index (κ2) is 9.10. The van der Waals surface area contributed by atoms with Crippen molar-refractivity contribution in [3.8, 4) is 11.3 Å². The van der Waals surface area contributed by atoms with E-state index in [0.29, 0.717) is 22.2 Å². The molecule has 34 heavy (non-hydrogen) atoms. The number of amides is 2. The SMILES string of the molecule is Cc1ccc(-c2cc(C(=O)NNC(=O)Cn3nc(C)c([N+](=O)[O-])c3C)c3ccccc3n2)cc1. The maximum absolute atomic E-state index is 13.0. The number of rotatable bonds is 5. The normalized spacial score (nSPS) is 10.8. The Labute approximate surface area is 194 Å². The monoisotopic (exact) mass is 458 g/mol. The van der Waals surface area contributed by atoms with Crippen molar-refractivity contribution in [3.63, 3.8) is 0 Å². The molecule has 0 aliphatic heterocycles. The van der Waals surface area contributed by atoms with Gasteiger partial charge in [0, 0.05) is 10.9 Å². The molecule has 2 aromatic heterocycles. The topological polar surface area (TPSA) is 132 Å². The van der Waals surface area contributed by atoms with E-state index in [-0.39, 0.29) is 23.6 Å². The zero-order valence-corrected chi connectivity index (χ0v) is 18.8. The van der Waals surface area contributed by atoms with Crippen LogP contribution in [0, 0.1) is 30.9 Å². The van der Waals surface area contributed by atoms with E-state index in [2.05, 4.69) is 20.9 Å². The molecule has 2 aromatic carbocycles. The Bertz CT molecular complexity index is 1430. The van der Waals surface area contributed by atoms with Crippen LogP contribution in [0.5, 0.6) is 0 Å². The van der Waals surface area contributed by atoms with Gasteiger partial charge in [0.2, 0.25) is 0 Å². The number of pyridine rings is 1. The Morgan fingerprint density at radius 1 is 1.03 bits per heavy atom. The van der Waals surface area contributed by atoms with Crippen molar-refractivity contribution in [2.24, 2.45) is 0 Å². The van der Waals surface area contributed by atoms with Crippen molar-refractivity contribution in [1.82, 2.24) is 25.6 Å². The van der Waals surface area contributed by atoms with Crippen LogP contribution in [0.25, 0.3) is 22.2 Å². The molecule has 0 aliphatic carbocycles. The first-order chi connectivity index (χ1) is 16.2. The highest BCUT2D eigenvalue weighted by Gasteiger charge is 2.23. The van der Waals surface area contributed by atoms with Crippen LogP contribution in [-0.4, -0.2) is 31.5 Å². The van der Waals surface area contributed by atoms with Gasteiger partial charge in [0.15, 0.2) is 0 Å². The van der Waals surface area contributed by atoms with Crippen LogP contribution in [0.15, 0.2) is 54.6 Å². The maximum atomic E-state index is 13.0. The van der Waals surface area contributed by atoms with Crippen LogP contribution in [0.4, 0.5) is 5.69 Å².